The third kappa shape index (κ3) is 4.19. The van der Waals surface area contributed by atoms with E-state index in [1.807, 2.05) is 0 Å². The Kier molecular flexibility index (Phi) is 5.18. The van der Waals surface area contributed by atoms with Crippen molar-refractivity contribution in [3.8, 4) is 0 Å². The summed E-state index contributed by atoms with van der Waals surface area (Å²) >= 11 is 0. The van der Waals surface area contributed by atoms with Crippen LogP contribution in [0.2, 0.25) is 5.82 Å². The molecule has 2 radical (unpaired) electrons. The highest BCUT2D eigenvalue weighted by molar-refractivity contribution is 6.11. The third-order valence-corrected chi connectivity index (χ3v) is 1.23. The molecule has 0 saturated heterocycles. The summed E-state index contributed by atoms with van der Waals surface area (Å²) < 4.78 is 0. The maximum Gasteiger partial charge on any atom is 0.0716 e. The first-order valence-corrected chi connectivity index (χ1v) is 3.27. The summed E-state index contributed by atoms with van der Waals surface area (Å²) in [6.07, 6.45) is 3.50. The van der Waals surface area contributed by atoms with Crippen molar-refractivity contribution < 1.29 is 0 Å². The molecule has 8 heavy (non-hydrogen) atoms. The molecule has 0 fully saturated rings. The highest BCUT2D eigenvalue weighted by Gasteiger charge is 1.94. The first kappa shape index (κ1) is 8.02. The van der Waals surface area contributed by atoms with E-state index in [0.717, 1.165) is 6.42 Å². The molecule has 0 aliphatic heterocycles. The molecule has 0 aliphatic rings. The van der Waals surface area contributed by atoms with Gasteiger partial charge in [0.25, 0.3) is 0 Å². The van der Waals surface area contributed by atoms with E-state index in [2.05, 4.69) is 6.92 Å². The molecular formula is C6H14BN. The molecular weight excluding hydrogens is 96.9 g/mol. The van der Waals surface area contributed by atoms with Gasteiger partial charge in [-0.2, -0.15) is 0 Å². The van der Waals surface area contributed by atoms with Crippen LogP contribution in [0, 0.1) is 0 Å². The van der Waals surface area contributed by atoms with Crippen LogP contribution in [-0.2, 0) is 0 Å². The van der Waals surface area contributed by atoms with E-state index in [0.29, 0.717) is 6.54 Å². The van der Waals surface area contributed by atoms with Crippen LogP contribution >= 0.6 is 0 Å². The summed E-state index contributed by atoms with van der Waals surface area (Å²) in [6, 6.07) is 0. The van der Waals surface area contributed by atoms with Gasteiger partial charge in [0.1, 0.15) is 0 Å². The van der Waals surface area contributed by atoms with E-state index < -0.39 is 0 Å². The van der Waals surface area contributed by atoms with Gasteiger partial charge in [-0.3, -0.25) is 0 Å². The fourth-order valence-corrected chi connectivity index (χ4v) is 0.584. The Morgan fingerprint density at radius 2 is 2.25 bits per heavy atom. The molecule has 0 rings (SSSR count). The zero-order valence-electron chi connectivity index (χ0n) is 5.56. The minimum Gasteiger partial charge on any atom is -0.331 e. The molecule has 1 unspecified atom stereocenters. The van der Waals surface area contributed by atoms with Crippen molar-refractivity contribution in [3.63, 3.8) is 0 Å². The second-order valence-corrected chi connectivity index (χ2v) is 2.14. The lowest BCUT2D eigenvalue weighted by Gasteiger charge is -2.04. The van der Waals surface area contributed by atoms with Gasteiger partial charge < -0.3 is 5.73 Å². The van der Waals surface area contributed by atoms with Gasteiger partial charge in [0.15, 0.2) is 0 Å². The molecule has 2 N–H and O–H groups in total. The highest BCUT2D eigenvalue weighted by Crippen LogP contribution is 2.07. The van der Waals surface area contributed by atoms with Gasteiger partial charge in [-0.25, -0.2) is 0 Å². The van der Waals surface area contributed by atoms with Gasteiger partial charge in [0, 0.05) is 0 Å². The van der Waals surface area contributed by atoms with Crippen molar-refractivity contribution in [1.82, 2.24) is 0 Å². The van der Waals surface area contributed by atoms with Crippen molar-refractivity contribution in [1.29, 1.82) is 0 Å². The second kappa shape index (κ2) is 5.17. The molecule has 1 atom stereocenters. The Balaban J connectivity index is 2.86. The van der Waals surface area contributed by atoms with Crippen LogP contribution < -0.4 is 5.73 Å². The molecule has 46 valence electrons. The van der Waals surface area contributed by atoms with Gasteiger partial charge in [-0.15, -0.1) is 0 Å². The minimum atomic E-state index is 0.231. The van der Waals surface area contributed by atoms with E-state index in [1.165, 1.54) is 12.8 Å². The van der Waals surface area contributed by atoms with Gasteiger partial charge >= 0.3 is 0 Å². The number of hydrogen-bond donors (Lipinski definition) is 1. The fraction of sp³-hybridized carbons (Fsp3) is 1.00. The average Bonchev–Trinajstić information content (AvgIpc) is 1.83. The smallest absolute Gasteiger partial charge is 0.0716 e. The molecule has 2 heteroatoms. The predicted octanol–water partition coefficient (Wildman–Crippen LogP) is 1.09. The lowest BCUT2D eigenvalue weighted by Crippen LogP contribution is -2.07. The zero-order chi connectivity index (χ0) is 6.41. The van der Waals surface area contributed by atoms with Gasteiger partial charge in [-0.05, 0) is 6.54 Å². The fourth-order valence-electron chi connectivity index (χ4n) is 0.584. The SMILES string of the molecule is [B]C(CN)CCCC. The summed E-state index contributed by atoms with van der Waals surface area (Å²) in [4.78, 5) is 0. The van der Waals surface area contributed by atoms with Crippen LogP contribution in [0.3, 0.4) is 0 Å². The molecule has 0 heterocycles. The molecule has 0 bridgehead atoms. The lowest BCUT2D eigenvalue weighted by atomic mass is 9.83. The molecule has 0 aromatic carbocycles. The Bertz CT molecular complexity index is 47.8. The second-order valence-electron chi connectivity index (χ2n) is 2.14. The monoisotopic (exact) mass is 111 g/mol. The molecule has 0 amide bonds. The van der Waals surface area contributed by atoms with Gasteiger partial charge in [0.05, 0.1) is 7.85 Å². The van der Waals surface area contributed by atoms with E-state index >= 15 is 0 Å². The molecule has 0 spiro atoms. The van der Waals surface area contributed by atoms with Crippen molar-refractivity contribution in [2.45, 2.75) is 32.0 Å². The Labute approximate surface area is 53.1 Å². The number of unbranched alkanes of at least 4 members (excludes halogenated alkanes) is 1. The molecule has 0 aromatic heterocycles. The molecule has 0 aromatic rings. The molecule has 0 aliphatic carbocycles. The summed E-state index contributed by atoms with van der Waals surface area (Å²) in [5.41, 5.74) is 5.29. The van der Waals surface area contributed by atoms with Crippen molar-refractivity contribution in [2.24, 2.45) is 5.73 Å². The third-order valence-electron chi connectivity index (χ3n) is 1.23. The quantitative estimate of drug-likeness (QED) is 0.540. The van der Waals surface area contributed by atoms with E-state index in [9.17, 15) is 0 Å². The van der Waals surface area contributed by atoms with Crippen LogP contribution in [0.4, 0.5) is 0 Å². The number of rotatable bonds is 4. The largest absolute Gasteiger partial charge is 0.331 e. The van der Waals surface area contributed by atoms with Crippen LogP contribution in [0.15, 0.2) is 0 Å². The normalized spacial score (nSPS) is 13.8. The van der Waals surface area contributed by atoms with Gasteiger partial charge in [-0.1, -0.05) is 32.0 Å². The van der Waals surface area contributed by atoms with E-state index in [-0.39, 0.29) is 5.82 Å². The summed E-state index contributed by atoms with van der Waals surface area (Å²) in [7, 11) is 5.53. The Hall–Kier alpha value is 0.0249. The topological polar surface area (TPSA) is 26.0 Å². The number of hydrogen-bond acceptors (Lipinski definition) is 1. The maximum atomic E-state index is 5.53. The number of nitrogens with two attached hydrogens (primary N) is 1. The van der Waals surface area contributed by atoms with Crippen LogP contribution in [0.25, 0.3) is 0 Å². The highest BCUT2D eigenvalue weighted by atomic mass is 14.5. The van der Waals surface area contributed by atoms with Crippen LogP contribution in [-0.4, -0.2) is 14.4 Å². The van der Waals surface area contributed by atoms with E-state index in [1.54, 1.807) is 0 Å². The standard InChI is InChI=1S/C6H14BN/c1-2-3-4-6(7)5-8/h6H,2-5,8H2,1H3. The maximum absolute atomic E-state index is 5.53. The van der Waals surface area contributed by atoms with Crippen molar-refractivity contribution >= 4 is 7.85 Å². The first-order valence-electron chi connectivity index (χ1n) is 3.27. The van der Waals surface area contributed by atoms with E-state index in [4.69, 9.17) is 13.6 Å². The molecule has 1 nitrogen and oxygen atoms in total. The van der Waals surface area contributed by atoms with Crippen molar-refractivity contribution in [2.75, 3.05) is 6.54 Å². The molecule has 0 saturated carbocycles. The zero-order valence-corrected chi connectivity index (χ0v) is 5.56. The van der Waals surface area contributed by atoms with Crippen LogP contribution in [0.1, 0.15) is 26.2 Å². The van der Waals surface area contributed by atoms with Crippen molar-refractivity contribution in [3.05, 3.63) is 0 Å². The van der Waals surface area contributed by atoms with Crippen LogP contribution in [0.5, 0.6) is 0 Å². The van der Waals surface area contributed by atoms with Gasteiger partial charge in [0.2, 0.25) is 0 Å². The summed E-state index contributed by atoms with van der Waals surface area (Å²) in [5.74, 6) is 0.231. The first-order chi connectivity index (χ1) is 3.81. The predicted molar refractivity (Wildman–Crippen MR) is 38.1 cm³/mol. The summed E-state index contributed by atoms with van der Waals surface area (Å²) in [5, 5.41) is 0. The Morgan fingerprint density at radius 1 is 1.62 bits per heavy atom. The average molecular weight is 111 g/mol. The summed E-state index contributed by atoms with van der Waals surface area (Å²) in [6.45, 7) is 2.78. The minimum absolute atomic E-state index is 0.231. The Morgan fingerprint density at radius 3 is 2.62 bits per heavy atom. The lowest BCUT2D eigenvalue weighted by molar-refractivity contribution is 0.673.